The first kappa shape index (κ1) is 34.2. The Morgan fingerprint density at radius 2 is 1.69 bits per heavy atom. The summed E-state index contributed by atoms with van der Waals surface area (Å²) in [6.07, 6.45) is 13.2. The van der Waals surface area contributed by atoms with E-state index in [1.165, 1.54) is 32.8 Å². The van der Waals surface area contributed by atoms with Gasteiger partial charge in [0.1, 0.15) is 5.75 Å². The molecule has 8 atom stereocenters. The van der Waals surface area contributed by atoms with Gasteiger partial charge in [-0.1, -0.05) is 49.4 Å². The van der Waals surface area contributed by atoms with Crippen molar-refractivity contribution in [2.75, 3.05) is 13.7 Å². The van der Waals surface area contributed by atoms with Gasteiger partial charge in [-0.3, -0.25) is 0 Å². The van der Waals surface area contributed by atoms with Crippen LogP contribution in [0, 0.1) is 23.7 Å². The zero-order valence-electron chi connectivity index (χ0n) is 28.5. The summed E-state index contributed by atoms with van der Waals surface area (Å²) in [5, 5.41) is 65.3. The number of benzene rings is 2. The van der Waals surface area contributed by atoms with Crippen molar-refractivity contribution in [3.8, 4) is 23.0 Å². The topological polar surface area (TPSA) is 154 Å². The van der Waals surface area contributed by atoms with Crippen molar-refractivity contribution < 1.29 is 40.1 Å². The fourth-order valence-corrected chi connectivity index (χ4v) is 10.1. The molecular formula is C40H52NO8-. The summed E-state index contributed by atoms with van der Waals surface area (Å²) >= 11 is 0. The molecule has 1 aromatic heterocycles. The molecule has 1 saturated heterocycles. The molecule has 49 heavy (non-hydrogen) atoms. The maximum absolute atomic E-state index is 11.5. The molecule has 3 saturated carbocycles. The van der Waals surface area contributed by atoms with Crippen LogP contribution in [0.5, 0.6) is 23.0 Å². The standard InChI is InChI=1S/C40H52NO8/c1-48-40-31(14-22-12-13-41-19-22)37(32(21-43)38(46)39(40)47)36-18-34(45)28-10-8-26(17-35(28)49-36)25-9-11-33(44)30(16-25)29-15-24(6-7-27(29)20-42)23-4-2-3-5-23/h9,11-13,16,19,23-24,26-29,34-36,42-47H,2-8,10,14-15,17-18,20-21H2,1H3/q-1/t24-,26+,27+,28+,29-,34-,35-,36-/m0/s1. The molecule has 4 fully saturated rings. The normalized spacial score (nSPS) is 30.7. The predicted octanol–water partition coefficient (Wildman–Crippen LogP) is 6.31. The number of hydrogen-bond donors (Lipinski definition) is 6. The molecule has 3 aliphatic carbocycles. The van der Waals surface area contributed by atoms with Gasteiger partial charge in [0.25, 0.3) is 0 Å². The largest absolute Gasteiger partial charge is 0.670 e. The van der Waals surface area contributed by atoms with Gasteiger partial charge in [0, 0.05) is 30.1 Å². The molecule has 6 N–H and O–H groups in total. The Labute approximate surface area is 288 Å². The minimum atomic E-state index is -0.651. The summed E-state index contributed by atoms with van der Waals surface area (Å²) < 4.78 is 12.5. The lowest BCUT2D eigenvalue weighted by atomic mass is 9.66. The Kier molecular flexibility index (Phi) is 10.2. The number of aromatic nitrogens is 1. The number of aromatic hydroxyl groups is 3. The second-order valence-electron chi connectivity index (χ2n) is 15.2. The van der Waals surface area contributed by atoms with Crippen LogP contribution in [0.1, 0.15) is 122 Å². The highest BCUT2D eigenvalue weighted by molar-refractivity contribution is 5.64. The third kappa shape index (κ3) is 6.55. The zero-order valence-corrected chi connectivity index (χ0v) is 28.5. The first-order valence-corrected chi connectivity index (χ1v) is 18.4. The van der Waals surface area contributed by atoms with Crippen molar-refractivity contribution in [3.05, 3.63) is 70.0 Å². The highest BCUT2D eigenvalue weighted by Crippen LogP contribution is 2.53. The molecule has 0 spiro atoms. The van der Waals surface area contributed by atoms with E-state index < -0.39 is 30.3 Å². The van der Waals surface area contributed by atoms with Crippen LogP contribution in [0.15, 0.2) is 36.7 Å². The van der Waals surface area contributed by atoms with Gasteiger partial charge in [-0.05, 0) is 97.3 Å². The van der Waals surface area contributed by atoms with Gasteiger partial charge in [0.2, 0.25) is 5.75 Å². The number of phenolic OH excluding ortho intramolecular Hbond substituents is 2. The summed E-state index contributed by atoms with van der Waals surface area (Å²) in [5.41, 5.74) is 4.26. The second kappa shape index (κ2) is 14.5. The minimum Gasteiger partial charge on any atom is -0.670 e. The summed E-state index contributed by atoms with van der Waals surface area (Å²) in [6.45, 7) is -0.394. The molecule has 9 heteroatoms. The fourth-order valence-electron chi connectivity index (χ4n) is 10.1. The van der Waals surface area contributed by atoms with Crippen molar-refractivity contribution >= 4 is 0 Å². The Hall–Kier alpha value is -3.24. The highest BCUT2D eigenvalue weighted by Gasteiger charge is 2.45. The summed E-state index contributed by atoms with van der Waals surface area (Å²) in [7, 11) is 1.43. The third-order valence-electron chi connectivity index (χ3n) is 12.7. The molecular weight excluding hydrogens is 622 g/mol. The lowest BCUT2D eigenvalue weighted by Crippen LogP contribution is -2.44. The van der Waals surface area contributed by atoms with E-state index in [2.05, 4.69) is 11.1 Å². The SMILES string of the molecule is COc1c(O)c(O)c(CO)c([C@@H]2C[C@H](O)[C@H]3CC[C@@H](c4ccc(O)c([C@H]5C[C@@H](C6CCCC6)CC[C@@H]5CO)c4)C[C@@H]3O2)c1Cc1cc[n-]c1. The Morgan fingerprint density at radius 1 is 0.878 bits per heavy atom. The summed E-state index contributed by atoms with van der Waals surface area (Å²) in [4.78, 5) is 4.17. The van der Waals surface area contributed by atoms with Gasteiger partial charge in [0.15, 0.2) is 11.5 Å². The molecule has 266 valence electrons. The number of hydrogen-bond acceptors (Lipinski definition) is 8. The molecule has 9 nitrogen and oxygen atoms in total. The number of ether oxygens (including phenoxy) is 2. The van der Waals surface area contributed by atoms with E-state index in [1.54, 1.807) is 12.4 Å². The smallest absolute Gasteiger partial charge is 0.201 e. The van der Waals surface area contributed by atoms with Gasteiger partial charge < -0.3 is 45.1 Å². The molecule has 0 bridgehead atoms. The highest BCUT2D eigenvalue weighted by atomic mass is 16.5. The van der Waals surface area contributed by atoms with E-state index in [9.17, 15) is 30.6 Å². The maximum Gasteiger partial charge on any atom is 0.201 e. The van der Waals surface area contributed by atoms with Crippen molar-refractivity contribution in [2.24, 2.45) is 23.7 Å². The first-order chi connectivity index (χ1) is 23.8. The fraction of sp³-hybridized carbons (Fsp3) is 0.600. The van der Waals surface area contributed by atoms with Gasteiger partial charge in [-0.2, -0.15) is 12.4 Å². The number of aliphatic hydroxyl groups is 3. The van der Waals surface area contributed by atoms with Crippen LogP contribution in [0.3, 0.4) is 0 Å². The maximum atomic E-state index is 11.5. The lowest BCUT2D eigenvalue weighted by Gasteiger charge is -2.46. The number of nitrogens with zero attached hydrogens (tertiary/aromatic N) is 1. The molecule has 4 aliphatic rings. The van der Waals surface area contributed by atoms with Gasteiger partial charge >= 0.3 is 0 Å². The van der Waals surface area contributed by atoms with Crippen LogP contribution in [-0.4, -0.2) is 56.6 Å². The molecule has 2 heterocycles. The first-order valence-electron chi connectivity index (χ1n) is 18.4. The van der Waals surface area contributed by atoms with Crippen LogP contribution in [0.25, 0.3) is 0 Å². The van der Waals surface area contributed by atoms with Crippen molar-refractivity contribution in [1.82, 2.24) is 4.98 Å². The van der Waals surface area contributed by atoms with E-state index in [0.717, 1.165) is 54.7 Å². The molecule has 7 rings (SSSR count). The van der Waals surface area contributed by atoms with E-state index in [-0.39, 0.29) is 54.1 Å². The molecule has 0 unspecified atom stereocenters. The number of rotatable bonds is 9. The van der Waals surface area contributed by atoms with Crippen LogP contribution in [0.4, 0.5) is 0 Å². The Morgan fingerprint density at radius 3 is 2.41 bits per heavy atom. The monoisotopic (exact) mass is 674 g/mol. The number of aliphatic hydroxyl groups excluding tert-OH is 3. The van der Waals surface area contributed by atoms with Crippen LogP contribution in [-0.2, 0) is 17.8 Å². The molecule has 2 aromatic carbocycles. The van der Waals surface area contributed by atoms with Crippen LogP contribution >= 0.6 is 0 Å². The zero-order chi connectivity index (χ0) is 34.2. The average Bonchev–Trinajstić information content (AvgIpc) is 3.85. The van der Waals surface area contributed by atoms with Crippen LogP contribution < -0.4 is 9.72 Å². The van der Waals surface area contributed by atoms with E-state index >= 15 is 0 Å². The lowest BCUT2D eigenvalue weighted by molar-refractivity contribution is -0.154. The van der Waals surface area contributed by atoms with E-state index in [0.29, 0.717) is 35.6 Å². The van der Waals surface area contributed by atoms with E-state index in [1.807, 2.05) is 18.2 Å². The Balaban J connectivity index is 1.17. The number of fused-ring (bicyclic) bond motifs is 1. The van der Waals surface area contributed by atoms with Crippen LogP contribution in [0.2, 0.25) is 0 Å². The molecule has 0 radical (unpaired) electrons. The quantitative estimate of drug-likeness (QED) is 0.143. The van der Waals surface area contributed by atoms with Crippen molar-refractivity contribution in [2.45, 2.75) is 114 Å². The predicted molar refractivity (Wildman–Crippen MR) is 184 cm³/mol. The Bertz CT molecular complexity index is 1580. The average molecular weight is 675 g/mol. The molecule has 0 amide bonds. The molecule has 3 aromatic rings. The second-order valence-corrected chi connectivity index (χ2v) is 15.2. The van der Waals surface area contributed by atoms with Gasteiger partial charge in [-0.25, -0.2) is 0 Å². The van der Waals surface area contributed by atoms with E-state index in [4.69, 9.17) is 9.47 Å². The van der Waals surface area contributed by atoms with Crippen molar-refractivity contribution in [1.29, 1.82) is 0 Å². The number of phenols is 3. The summed E-state index contributed by atoms with van der Waals surface area (Å²) in [6, 6.07) is 7.89. The minimum absolute atomic E-state index is 0.0544. The third-order valence-corrected chi connectivity index (χ3v) is 12.7. The van der Waals surface area contributed by atoms with Gasteiger partial charge in [-0.15, -0.1) is 0 Å². The molecule has 1 aliphatic heterocycles. The van der Waals surface area contributed by atoms with Crippen molar-refractivity contribution in [3.63, 3.8) is 0 Å². The number of methoxy groups -OCH3 is 1. The summed E-state index contributed by atoms with van der Waals surface area (Å²) in [5.74, 6) is 1.31. The van der Waals surface area contributed by atoms with Gasteiger partial charge in [0.05, 0.1) is 32.0 Å².